The first kappa shape index (κ1) is 17.4. The van der Waals surface area contributed by atoms with Crippen LogP contribution in [0, 0.1) is 5.92 Å². The van der Waals surface area contributed by atoms with Crippen molar-refractivity contribution in [3.63, 3.8) is 0 Å². The average Bonchev–Trinajstić information content (AvgIpc) is 2.66. The highest BCUT2D eigenvalue weighted by atomic mass is 16.2. The Balaban J connectivity index is 1.33. The van der Waals surface area contributed by atoms with Gasteiger partial charge in [0.15, 0.2) is 0 Å². The molecule has 1 aromatic rings. The highest BCUT2D eigenvalue weighted by Gasteiger charge is 2.22. The predicted octanol–water partition coefficient (Wildman–Crippen LogP) is 2.15. The summed E-state index contributed by atoms with van der Waals surface area (Å²) in [7, 11) is 0. The fraction of sp³-hybridized carbons (Fsp3) is 0.650. The lowest BCUT2D eigenvalue weighted by Gasteiger charge is -2.35. The number of nitrogens with one attached hydrogen (secondary N) is 1. The van der Waals surface area contributed by atoms with E-state index >= 15 is 0 Å². The molecule has 1 aromatic carbocycles. The van der Waals surface area contributed by atoms with Crippen LogP contribution < -0.4 is 5.32 Å². The van der Waals surface area contributed by atoms with E-state index in [1.54, 1.807) is 0 Å². The number of hydrogen-bond acceptors (Lipinski definition) is 3. The number of piperidine rings is 1. The molecule has 0 radical (unpaired) electrons. The largest absolute Gasteiger partial charge is 0.340 e. The molecule has 1 N–H and O–H groups in total. The zero-order valence-corrected chi connectivity index (χ0v) is 14.8. The van der Waals surface area contributed by atoms with Crippen molar-refractivity contribution >= 4 is 5.91 Å². The number of carbonyl (C=O) groups excluding carboxylic acids is 1. The van der Waals surface area contributed by atoms with E-state index in [1.165, 1.54) is 18.4 Å². The summed E-state index contributed by atoms with van der Waals surface area (Å²) in [5.41, 5.74) is 1.40. The van der Waals surface area contributed by atoms with Crippen LogP contribution in [0.15, 0.2) is 30.3 Å². The number of piperazine rings is 1. The van der Waals surface area contributed by atoms with E-state index < -0.39 is 0 Å². The molecule has 132 valence electrons. The maximum atomic E-state index is 12.4. The van der Waals surface area contributed by atoms with Gasteiger partial charge in [-0.2, -0.15) is 0 Å². The molecule has 4 heteroatoms. The molecule has 0 aliphatic carbocycles. The van der Waals surface area contributed by atoms with Crippen LogP contribution in [-0.4, -0.2) is 61.5 Å². The molecule has 0 saturated carbocycles. The summed E-state index contributed by atoms with van der Waals surface area (Å²) in [6.45, 7) is 7.19. The molecule has 2 aliphatic rings. The summed E-state index contributed by atoms with van der Waals surface area (Å²) in [5, 5.41) is 3.39. The Bertz CT molecular complexity index is 491. The van der Waals surface area contributed by atoms with Gasteiger partial charge in [0, 0.05) is 39.1 Å². The Kier molecular flexibility index (Phi) is 6.67. The molecule has 2 aliphatic heterocycles. The van der Waals surface area contributed by atoms with Gasteiger partial charge in [0.05, 0.1) is 0 Å². The lowest BCUT2D eigenvalue weighted by Crippen LogP contribution is -2.49. The smallest absolute Gasteiger partial charge is 0.222 e. The van der Waals surface area contributed by atoms with E-state index in [2.05, 4.69) is 45.4 Å². The number of rotatable bonds is 6. The lowest BCUT2D eigenvalue weighted by atomic mass is 9.93. The fourth-order valence-corrected chi connectivity index (χ4v) is 3.81. The Morgan fingerprint density at radius 1 is 1.04 bits per heavy atom. The van der Waals surface area contributed by atoms with Crippen molar-refractivity contribution in [2.75, 3.05) is 45.8 Å². The second-order valence-electron chi connectivity index (χ2n) is 7.19. The molecular weight excluding hydrogens is 298 g/mol. The summed E-state index contributed by atoms with van der Waals surface area (Å²) in [6.07, 6.45) is 5.40. The quantitative estimate of drug-likeness (QED) is 0.869. The SMILES string of the molecule is O=C(CCC1CCNCC1)N1CCN(CCc2ccccc2)CC1. The van der Waals surface area contributed by atoms with Gasteiger partial charge in [-0.15, -0.1) is 0 Å². The predicted molar refractivity (Wildman–Crippen MR) is 98.0 cm³/mol. The van der Waals surface area contributed by atoms with E-state index in [9.17, 15) is 4.79 Å². The monoisotopic (exact) mass is 329 g/mol. The first-order valence-corrected chi connectivity index (χ1v) is 9.56. The van der Waals surface area contributed by atoms with Crippen LogP contribution in [-0.2, 0) is 11.2 Å². The molecule has 1 amide bonds. The van der Waals surface area contributed by atoms with Crippen molar-refractivity contribution in [2.24, 2.45) is 5.92 Å². The van der Waals surface area contributed by atoms with Crippen LogP contribution in [0.1, 0.15) is 31.2 Å². The fourth-order valence-electron chi connectivity index (χ4n) is 3.81. The van der Waals surface area contributed by atoms with Gasteiger partial charge in [-0.3, -0.25) is 9.69 Å². The molecule has 4 nitrogen and oxygen atoms in total. The van der Waals surface area contributed by atoms with Gasteiger partial charge in [0.2, 0.25) is 5.91 Å². The van der Waals surface area contributed by atoms with Gasteiger partial charge in [-0.05, 0) is 50.3 Å². The van der Waals surface area contributed by atoms with Gasteiger partial charge in [-0.1, -0.05) is 30.3 Å². The Hall–Kier alpha value is -1.39. The third kappa shape index (κ3) is 5.32. The average molecular weight is 329 g/mol. The van der Waals surface area contributed by atoms with Crippen LogP contribution in [0.4, 0.5) is 0 Å². The maximum Gasteiger partial charge on any atom is 0.222 e. The zero-order valence-electron chi connectivity index (χ0n) is 14.8. The van der Waals surface area contributed by atoms with Crippen molar-refractivity contribution < 1.29 is 4.79 Å². The van der Waals surface area contributed by atoms with Crippen molar-refractivity contribution in [2.45, 2.75) is 32.1 Å². The van der Waals surface area contributed by atoms with Crippen molar-refractivity contribution in [3.05, 3.63) is 35.9 Å². The van der Waals surface area contributed by atoms with Crippen LogP contribution in [0.3, 0.4) is 0 Å². The molecule has 2 saturated heterocycles. The molecule has 0 atom stereocenters. The molecule has 0 aromatic heterocycles. The molecule has 2 fully saturated rings. The molecule has 0 spiro atoms. The lowest BCUT2D eigenvalue weighted by molar-refractivity contribution is -0.133. The molecule has 2 heterocycles. The second-order valence-corrected chi connectivity index (χ2v) is 7.19. The maximum absolute atomic E-state index is 12.4. The Morgan fingerprint density at radius 2 is 1.75 bits per heavy atom. The third-order valence-electron chi connectivity index (χ3n) is 5.51. The van der Waals surface area contributed by atoms with Crippen LogP contribution in [0.5, 0.6) is 0 Å². The highest BCUT2D eigenvalue weighted by molar-refractivity contribution is 5.76. The number of amides is 1. The molecule has 0 bridgehead atoms. The Labute approximate surface area is 146 Å². The molecular formula is C20H31N3O. The summed E-state index contributed by atoms with van der Waals surface area (Å²) in [5.74, 6) is 1.12. The number of nitrogens with zero attached hydrogens (tertiary/aromatic N) is 2. The molecule has 24 heavy (non-hydrogen) atoms. The van der Waals surface area contributed by atoms with E-state index in [0.29, 0.717) is 5.91 Å². The van der Waals surface area contributed by atoms with Crippen LogP contribution >= 0.6 is 0 Å². The second kappa shape index (κ2) is 9.19. The van der Waals surface area contributed by atoms with Gasteiger partial charge in [-0.25, -0.2) is 0 Å². The minimum absolute atomic E-state index is 0.372. The van der Waals surface area contributed by atoms with Gasteiger partial charge in [0.25, 0.3) is 0 Å². The van der Waals surface area contributed by atoms with Crippen molar-refractivity contribution in [3.8, 4) is 0 Å². The van der Waals surface area contributed by atoms with E-state index in [0.717, 1.165) is 71.0 Å². The number of benzene rings is 1. The minimum atomic E-state index is 0.372. The zero-order chi connectivity index (χ0) is 16.6. The van der Waals surface area contributed by atoms with Crippen molar-refractivity contribution in [1.82, 2.24) is 15.1 Å². The molecule has 0 unspecified atom stereocenters. The van der Waals surface area contributed by atoms with Crippen molar-refractivity contribution in [1.29, 1.82) is 0 Å². The van der Waals surface area contributed by atoms with Crippen LogP contribution in [0.2, 0.25) is 0 Å². The first-order chi connectivity index (χ1) is 11.8. The van der Waals surface area contributed by atoms with E-state index in [-0.39, 0.29) is 0 Å². The summed E-state index contributed by atoms with van der Waals surface area (Å²) >= 11 is 0. The summed E-state index contributed by atoms with van der Waals surface area (Å²) in [6, 6.07) is 10.7. The highest BCUT2D eigenvalue weighted by Crippen LogP contribution is 2.18. The van der Waals surface area contributed by atoms with E-state index in [1.807, 2.05) is 0 Å². The van der Waals surface area contributed by atoms with Gasteiger partial charge in [0.1, 0.15) is 0 Å². The molecule has 3 rings (SSSR count). The summed E-state index contributed by atoms with van der Waals surface area (Å²) in [4.78, 5) is 17.0. The standard InChI is InChI=1S/C20H31N3O/c24-20(7-6-19-8-11-21-12-9-19)23-16-14-22(15-17-23)13-10-18-4-2-1-3-5-18/h1-5,19,21H,6-17H2. The van der Waals surface area contributed by atoms with E-state index in [4.69, 9.17) is 0 Å². The topological polar surface area (TPSA) is 35.6 Å². The first-order valence-electron chi connectivity index (χ1n) is 9.56. The normalized spacial score (nSPS) is 20.2. The van der Waals surface area contributed by atoms with Gasteiger partial charge < -0.3 is 10.2 Å². The minimum Gasteiger partial charge on any atom is -0.340 e. The number of carbonyl (C=O) groups is 1. The third-order valence-corrected chi connectivity index (χ3v) is 5.51. The number of hydrogen-bond donors (Lipinski definition) is 1. The van der Waals surface area contributed by atoms with Gasteiger partial charge >= 0.3 is 0 Å². The summed E-state index contributed by atoms with van der Waals surface area (Å²) < 4.78 is 0. The Morgan fingerprint density at radius 3 is 2.46 bits per heavy atom. The van der Waals surface area contributed by atoms with Crippen LogP contribution in [0.25, 0.3) is 0 Å².